The lowest BCUT2D eigenvalue weighted by Crippen LogP contribution is -2.22. The number of benzene rings is 1. The van der Waals surface area contributed by atoms with Gasteiger partial charge in [0, 0.05) is 11.9 Å². The first-order valence-corrected chi connectivity index (χ1v) is 7.52. The van der Waals surface area contributed by atoms with E-state index in [4.69, 9.17) is 58.0 Å². The Kier molecular flexibility index (Phi) is 7.04. The van der Waals surface area contributed by atoms with Gasteiger partial charge in [0.05, 0.1) is 23.4 Å². The van der Waals surface area contributed by atoms with E-state index < -0.39 is 9.22 Å². The summed E-state index contributed by atoms with van der Waals surface area (Å²) in [5.41, 5.74) is 0.609. The third kappa shape index (κ3) is 6.16. The van der Waals surface area contributed by atoms with E-state index in [1.165, 1.54) is 13.3 Å². The van der Waals surface area contributed by atoms with Crippen LogP contribution in [0.2, 0.25) is 10.0 Å². The highest BCUT2D eigenvalue weighted by Crippen LogP contribution is 2.41. The Morgan fingerprint density at radius 3 is 2.50 bits per heavy atom. The summed E-state index contributed by atoms with van der Waals surface area (Å²) < 4.78 is 3.56. The van der Waals surface area contributed by atoms with Crippen LogP contribution in [0, 0.1) is 0 Å². The van der Waals surface area contributed by atoms with Gasteiger partial charge in [0.25, 0.3) is 3.12 Å². The molecule has 0 unspecified atom stereocenters. The molecule has 0 aliphatic rings. The maximum Gasteiger partial charge on any atom is 0.440 e. The highest BCUT2D eigenvalue weighted by atomic mass is 35.6. The van der Waals surface area contributed by atoms with E-state index in [0.29, 0.717) is 27.6 Å². The van der Waals surface area contributed by atoms with Crippen molar-refractivity contribution in [1.82, 2.24) is 4.41 Å². The summed E-state index contributed by atoms with van der Waals surface area (Å²) in [7, 11) is 1.18. The SMILES string of the molecule is COC(=O)N(N=Cc1ccc(Cl)c(Cl)c1)SC(Cl)(Cl)Cl. The average Bonchev–Trinajstić information content (AvgIpc) is 2.36. The van der Waals surface area contributed by atoms with E-state index in [1.54, 1.807) is 18.2 Å². The van der Waals surface area contributed by atoms with Gasteiger partial charge in [0.15, 0.2) is 0 Å². The van der Waals surface area contributed by atoms with E-state index in [2.05, 4.69) is 9.84 Å². The molecule has 10 heteroatoms. The number of amides is 1. The Bertz CT molecular complexity index is 521. The zero-order valence-electron chi connectivity index (χ0n) is 9.82. The lowest BCUT2D eigenvalue weighted by atomic mass is 10.2. The molecule has 0 aromatic heterocycles. The molecule has 0 radical (unpaired) electrons. The van der Waals surface area contributed by atoms with Gasteiger partial charge in [-0.05, 0) is 17.7 Å². The van der Waals surface area contributed by atoms with Crippen LogP contribution in [0.4, 0.5) is 4.79 Å². The van der Waals surface area contributed by atoms with Crippen LogP contribution >= 0.6 is 70.0 Å². The number of halogens is 5. The molecule has 0 atom stereocenters. The Balaban J connectivity index is 2.90. The van der Waals surface area contributed by atoms with Crippen LogP contribution in [-0.4, -0.2) is 27.0 Å². The lowest BCUT2D eigenvalue weighted by molar-refractivity contribution is 0.153. The molecule has 0 fully saturated rings. The van der Waals surface area contributed by atoms with E-state index in [-0.39, 0.29) is 0 Å². The molecule has 0 spiro atoms. The number of hydrogen-bond donors (Lipinski definition) is 0. The van der Waals surface area contributed by atoms with Crippen molar-refractivity contribution in [2.75, 3.05) is 7.11 Å². The molecule has 0 aliphatic carbocycles. The van der Waals surface area contributed by atoms with Crippen LogP contribution in [0.15, 0.2) is 23.3 Å². The molecule has 110 valence electrons. The first kappa shape index (κ1) is 18.0. The van der Waals surface area contributed by atoms with E-state index in [9.17, 15) is 4.79 Å². The van der Waals surface area contributed by atoms with Crippen LogP contribution < -0.4 is 0 Å². The lowest BCUT2D eigenvalue weighted by Gasteiger charge is -2.18. The number of carbonyl (C=O) groups is 1. The fourth-order valence-corrected chi connectivity index (χ4v) is 2.33. The first-order valence-electron chi connectivity index (χ1n) is 4.86. The van der Waals surface area contributed by atoms with Crippen molar-refractivity contribution >= 4 is 82.3 Å². The number of hydrogen-bond acceptors (Lipinski definition) is 4. The second-order valence-electron chi connectivity index (χ2n) is 3.20. The van der Waals surface area contributed by atoms with Crippen molar-refractivity contribution in [1.29, 1.82) is 0 Å². The van der Waals surface area contributed by atoms with Crippen LogP contribution in [0.25, 0.3) is 0 Å². The smallest absolute Gasteiger partial charge is 0.440 e. The zero-order chi connectivity index (χ0) is 15.3. The molecular weight excluding hydrogens is 389 g/mol. The Morgan fingerprint density at radius 2 is 2.00 bits per heavy atom. The summed E-state index contributed by atoms with van der Waals surface area (Å²) in [4.78, 5) is 11.5. The summed E-state index contributed by atoms with van der Waals surface area (Å²) >= 11 is 29.0. The van der Waals surface area contributed by atoms with Crippen molar-refractivity contribution in [2.45, 2.75) is 3.12 Å². The van der Waals surface area contributed by atoms with Gasteiger partial charge in [-0.3, -0.25) is 0 Å². The summed E-state index contributed by atoms with van der Waals surface area (Å²) in [6.45, 7) is 0. The number of methoxy groups -OCH3 is 1. The monoisotopic (exact) mass is 394 g/mol. The molecule has 4 nitrogen and oxygen atoms in total. The van der Waals surface area contributed by atoms with E-state index in [0.717, 1.165) is 4.41 Å². The largest absolute Gasteiger partial charge is 0.451 e. The van der Waals surface area contributed by atoms with Gasteiger partial charge in [0.1, 0.15) is 0 Å². The molecule has 0 bridgehead atoms. The third-order valence-electron chi connectivity index (χ3n) is 1.78. The van der Waals surface area contributed by atoms with Gasteiger partial charge in [0.2, 0.25) is 0 Å². The standard InChI is InChI=1S/C10H7Cl5N2O2S/c1-19-9(18)17(20-10(13,14)15)16-5-6-2-3-7(11)8(12)4-6/h2-5H,1H3. The van der Waals surface area contributed by atoms with Crippen LogP contribution in [0.5, 0.6) is 0 Å². The molecule has 0 saturated heterocycles. The molecule has 0 saturated carbocycles. The summed E-state index contributed by atoms with van der Waals surface area (Å²) in [6, 6.07) is 4.83. The molecule has 1 aromatic rings. The summed E-state index contributed by atoms with van der Waals surface area (Å²) in [5.74, 6) is 0. The van der Waals surface area contributed by atoms with Crippen molar-refractivity contribution in [3.8, 4) is 0 Å². The second kappa shape index (κ2) is 7.82. The van der Waals surface area contributed by atoms with Gasteiger partial charge < -0.3 is 4.74 Å². The fraction of sp³-hybridized carbons (Fsp3) is 0.200. The summed E-state index contributed by atoms with van der Waals surface area (Å²) in [6.07, 6.45) is 0.556. The number of carbonyl (C=O) groups excluding carboxylic acids is 1. The molecule has 0 heterocycles. The second-order valence-corrected chi connectivity index (χ2v) is 8.11. The molecule has 20 heavy (non-hydrogen) atoms. The van der Waals surface area contributed by atoms with Crippen molar-refractivity contribution in [2.24, 2.45) is 5.10 Å². The normalized spacial score (nSPS) is 11.7. The zero-order valence-corrected chi connectivity index (χ0v) is 14.4. The highest BCUT2D eigenvalue weighted by Gasteiger charge is 2.29. The number of hydrazone groups is 1. The quantitative estimate of drug-likeness (QED) is 0.298. The summed E-state index contributed by atoms with van der Waals surface area (Å²) in [5, 5.41) is 4.63. The maximum atomic E-state index is 11.5. The average molecular weight is 397 g/mol. The molecule has 0 N–H and O–H groups in total. The third-order valence-corrected chi connectivity index (χ3v) is 3.76. The number of ether oxygens (including phenoxy) is 1. The van der Waals surface area contributed by atoms with Crippen molar-refractivity contribution < 1.29 is 9.53 Å². The van der Waals surface area contributed by atoms with E-state index >= 15 is 0 Å². The minimum absolute atomic E-state index is 0.356. The Hall–Kier alpha value is -0.0400. The molecule has 1 amide bonds. The topological polar surface area (TPSA) is 41.9 Å². The molecular formula is C10H7Cl5N2O2S. The minimum Gasteiger partial charge on any atom is -0.451 e. The predicted molar refractivity (Wildman–Crippen MR) is 86.2 cm³/mol. The van der Waals surface area contributed by atoms with Gasteiger partial charge >= 0.3 is 6.09 Å². The van der Waals surface area contributed by atoms with Crippen LogP contribution in [-0.2, 0) is 4.74 Å². The van der Waals surface area contributed by atoms with Gasteiger partial charge in [-0.15, -0.1) is 4.41 Å². The molecule has 1 aromatic carbocycles. The fourth-order valence-electron chi connectivity index (χ4n) is 0.996. The van der Waals surface area contributed by atoms with Crippen LogP contribution in [0.1, 0.15) is 5.56 Å². The van der Waals surface area contributed by atoms with Gasteiger partial charge in [-0.2, -0.15) is 5.10 Å². The molecule has 0 aliphatic heterocycles. The molecule has 1 rings (SSSR count). The van der Waals surface area contributed by atoms with Crippen molar-refractivity contribution in [3.05, 3.63) is 33.8 Å². The maximum absolute atomic E-state index is 11.5. The van der Waals surface area contributed by atoms with Crippen LogP contribution in [0.3, 0.4) is 0 Å². The number of nitrogens with zero attached hydrogens (tertiary/aromatic N) is 2. The number of rotatable bonds is 3. The highest BCUT2D eigenvalue weighted by molar-refractivity contribution is 8.03. The van der Waals surface area contributed by atoms with Gasteiger partial charge in [-0.25, -0.2) is 4.79 Å². The van der Waals surface area contributed by atoms with Crippen molar-refractivity contribution in [3.63, 3.8) is 0 Å². The number of alkyl halides is 3. The Morgan fingerprint density at radius 1 is 1.35 bits per heavy atom. The van der Waals surface area contributed by atoms with E-state index in [1.807, 2.05) is 0 Å². The predicted octanol–water partition coefficient (Wildman–Crippen LogP) is 5.37. The van der Waals surface area contributed by atoms with Gasteiger partial charge in [-0.1, -0.05) is 64.1 Å². The Labute approximate surface area is 145 Å². The first-order chi connectivity index (χ1) is 9.23. The minimum atomic E-state index is -1.76.